The van der Waals surface area contributed by atoms with E-state index < -0.39 is 0 Å². The molecule has 7 heteroatoms. The standard InChI is InChI=1S/C16H20N4O2S/c1-4-10-17-14(21)11-23-16-19-18-15(20(16)5-2)12-6-8-13(22-3)9-7-12/h4,6-9H,1,5,10-11H2,2-3H3,(H,17,21). The van der Waals surface area contributed by atoms with Crippen molar-refractivity contribution >= 4 is 17.7 Å². The van der Waals surface area contributed by atoms with Crippen molar-refractivity contribution in [3.63, 3.8) is 0 Å². The van der Waals surface area contributed by atoms with E-state index in [0.717, 1.165) is 28.8 Å². The molecule has 1 aromatic carbocycles. The highest BCUT2D eigenvalue weighted by Gasteiger charge is 2.14. The quantitative estimate of drug-likeness (QED) is 0.594. The monoisotopic (exact) mass is 332 g/mol. The third kappa shape index (κ3) is 4.35. The number of nitrogens with zero attached hydrogens (tertiary/aromatic N) is 3. The number of carbonyl (C=O) groups excluding carboxylic acids is 1. The maximum atomic E-state index is 11.7. The van der Waals surface area contributed by atoms with Crippen LogP contribution >= 0.6 is 11.8 Å². The summed E-state index contributed by atoms with van der Waals surface area (Å²) in [6.07, 6.45) is 1.65. The molecule has 122 valence electrons. The van der Waals surface area contributed by atoms with Crippen molar-refractivity contribution in [3.8, 4) is 17.1 Å². The van der Waals surface area contributed by atoms with Gasteiger partial charge in [0.15, 0.2) is 11.0 Å². The van der Waals surface area contributed by atoms with E-state index in [1.807, 2.05) is 35.8 Å². The minimum Gasteiger partial charge on any atom is -0.497 e. The Balaban J connectivity index is 2.12. The average molecular weight is 332 g/mol. The van der Waals surface area contributed by atoms with Crippen LogP contribution in [0.3, 0.4) is 0 Å². The van der Waals surface area contributed by atoms with Crippen LogP contribution in [0.1, 0.15) is 6.92 Å². The molecular formula is C16H20N4O2S. The third-order valence-electron chi connectivity index (χ3n) is 3.16. The molecule has 0 saturated heterocycles. The summed E-state index contributed by atoms with van der Waals surface area (Å²) in [6.45, 7) is 6.79. The molecule has 23 heavy (non-hydrogen) atoms. The van der Waals surface area contributed by atoms with Crippen molar-refractivity contribution in [1.29, 1.82) is 0 Å². The Labute approximate surface area is 139 Å². The van der Waals surface area contributed by atoms with Crippen LogP contribution < -0.4 is 10.1 Å². The van der Waals surface area contributed by atoms with Gasteiger partial charge in [0.25, 0.3) is 0 Å². The first kappa shape index (κ1) is 17.1. The lowest BCUT2D eigenvalue weighted by molar-refractivity contribution is -0.118. The van der Waals surface area contributed by atoms with Crippen molar-refractivity contribution in [2.45, 2.75) is 18.6 Å². The molecule has 0 saturated carbocycles. The van der Waals surface area contributed by atoms with Gasteiger partial charge in [-0.2, -0.15) is 0 Å². The Bertz CT molecular complexity index is 667. The molecule has 2 rings (SSSR count). The molecule has 6 nitrogen and oxygen atoms in total. The highest BCUT2D eigenvalue weighted by molar-refractivity contribution is 7.99. The summed E-state index contributed by atoms with van der Waals surface area (Å²) >= 11 is 1.37. The zero-order valence-corrected chi connectivity index (χ0v) is 14.1. The average Bonchev–Trinajstić information content (AvgIpc) is 3.01. The molecule has 0 spiro atoms. The number of nitrogens with one attached hydrogen (secondary N) is 1. The van der Waals surface area contributed by atoms with Crippen molar-refractivity contribution in [3.05, 3.63) is 36.9 Å². The van der Waals surface area contributed by atoms with Gasteiger partial charge in [-0.1, -0.05) is 17.8 Å². The molecule has 0 radical (unpaired) electrons. The summed E-state index contributed by atoms with van der Waals surface area (Å²) in [5, 5.41) is 11.9. The molecular weight excluding hydrogens is 312 g/mol. The van der Waals surface area contributed by atoms with E-state index in [1.54, 1.807) is 13.2 Å². The van der Waals surface area contributed by atoms with Gasteiger partial charge < -0.3 is 14.6 Å². The van der Waals surface area contributed by atoms with Crippen LogP contribution in [0.25, 0.3) is 11.4 Å². The van der Waals surface area contributed by atoms with Crippen molar-refractivity contribution < 1.29 is 9.53 Å². The fourth-order valence-electron chi connectivity index (χ4n) is 2.00. The third-order valence-corrected chi connectivity index (χ3v) is 4.12. The van der Waals surface area contributed by atoms with E-state index in [1.165, 1.54) is 11.8 Å². The van der Waals surface area contributed by atoms with E-state index >= 15 is 0 Å². The Hall–Kier alpha value is -2.28. The number of methoxy groups -OCH3 is 1. The van der Waals surface area contributed by atoms with Gasteiger partial charge in [-0.25, -0.2) is 0 Å². The second-order valence-corrected chi connectivity index (χ2v) is 5.60. The maximum absolute atomic E-state index is 11.7. The van der Waals surface area contributed by atoms with Crippen molar-refractivity contribution in [2.75, 3.05) is 19.4 Å². The predicted octanol–water partition coefficient (Wildman–Crippen LogP) is 2.37. The fraction of sp³-hybridized carbons (Fsp3) is 0.312. The van der Waals surface area contributed by atoms with Gasteiger partial charge in [0.05, 0.1) is 12.9 Å². The number of aromatic nitrogens is 3. The van der Waals surface area contributed by atoms with Gasteiger partial charge in [-0.15, -0.1) is 16.8 Å². The topological polar surface area (TPSA) is 69.0 Å². The predicted molar refractivity (Wildman–Crippen MR) is 91.6 cm³/mol. The second-order valence-electron chi connectivity index (χ2n) is 4.66. The van der Waals surface area contributed by atoms with Crippen LogP contribution in [-0.4, -0.2) is 40.1 Å². The van der Waals surface area contributed by atoms with E-state index in [0.29, 0.717) is 12.3 Å². The second kappa shape index (κ2) is 8.38. The molecule has 1 N–H and O–H groups in total. The van der Waals surface area contributed by atoms with Gasteiger partial charge in [0.2, 0.25) is 5.91 Å². The highest BCUT2D eigenvalue weighted by Crippen LogP contribution is 2.25. The summed E-state index contributed by atoms with van der Waals surface area (Å²) in [4.78, 5) is 11.7. The van der Waals surface area contributed by atoms with E-state index in [2.05, 4.69) is 22.1 Å². The SMILES string of the molecule is C=CCNC(=O)CSc1nnc(-c2ccc(OC)cc2)n1CC. The summed E-state index contributed by atoms with van der Waals surface area (Å²) in [5.41, 5.74) is 0.961. The minimum atomic E-state index is -0.0495. The molecule has 0 aliphatic rings. The zero-order valence-electron chi connectivity index (χ0n) is 13.3. The van der Waals surface area contributed by atoms with Crippen LogP contribution in [0.4, 0.5) is 0 Å². The molecule has 1 amide bonds. The molecule has 0 unspecified atom stereocenters. The highest BCUT2D eigenvalue weighted by atomic mass is 32.2. The Kier molecular flexibility index (Phi) is 6.22. The Morgan fingerprint density at radius 2 is 2.13 bits per heavy atom. The van der Waals surface area contributed by atoms with E-state index in [9.17, 15) is 4.79 Å². The molecule has 0 aliphatic heterocycles. The first-order valence-corrected chi connectivity index (χ1v) is 8.26. The van der Waals surface area contributed by atoms with Crippen LogP contribution in [0.2, 0.25) is 0 Å². The summed E-state index contributed by atoms with van der Waals surface area (Å²) in [6, 6.07) is 7.67. The molecule has 2 aromatic rings. The number of carbonyl (C=O) groups is 1. The molecule has 1 aromatic heterocycles. The number of benzene rings is 1. The van der Waals surface area contributed by atoms with Crippen molar-refractivity contribution in [1.82, 2.24) is 20.1 Å². The van der Waals surface area contributed by atoms with Crippen LogP contribution in [-0.2, 0) is 11.3 Å². The number of hydrogen-bond donors (Lipinski definition) is 1. The minimum absolute atomic E-state index is 0.0495. The number of hydrogen-bond acceptors (Lipinski definition) is 5. The normalized spacial score (nSPS) is 10.3. The van der Waals surface area contributed by atoms with Crippen LogP contribution in [0.5, 0.6) is 5.75 Å². The van der Waals surface area contributed by atoms with Gasteiger partial charge in [-0.05, 0) is 31.2 Å². The van der Waals surface area contributed by atoms with Gasteiger partial charge >= 0.3 is 0 Å². The van der Waals surface area contributed by atoms with E-state index in [-0.39, 0.29) is 5.91 Å². The number of rotatable bonds is 8. The summed E-state index contributed by atoms with van der Waals surface area (Å²) in [7, 11) is 1.63. The van der Waals surface area contributed by atoms with Gasteiger partial charge in [-0.3, -0.25) is 4.79 Å². The lowest BCUT2D eigenvalue weighted by Gasteiger charge is -2.08. The molecule has 0 fully saturated rings. The maximum Gasteiger partial charge on any atom is 0.230 e. The molecule has 0 bridgehead atoms. The number of thioether (sulfide) groups is 1. The molecule has 1 heterocycles. The van der Waals surface area contributed by atoms with E-state index in [4.69, 9.17) is 4.74 Å². The number of ether oxygens (including phenoxy) is 1. The fourth-order valence-corrected chi connectivity index (χ4v) is 2.83. The van der Waals surface area contributed by atoms with Gasteiger partial charge in [0, 0.05) is 18.7 Å². The Morgan fingerprint density at radius 3 is 2.74 bits per heavy atom. The smallest absolute Gasteiger partial charge is 0.230 e. The first-order chi connectivity index (χ1) is 11.2. The first-order valence-electron chi connectivity index (χ1n) is 7.27. The largest absolute Gasteiger partial charge is 0.497 e. The summed E-state index contributed by atoms with van der Waals surface area (Å²) in [5.74, 6) is 1.83. The molecule has 0 aliphatic carbocycles. The van der Waals surface area contributed by atoms with Crippen LogP contribution in [0, 0.1) is 0 Å². The van der Waals surface area contributed by atoms with Crippen LogP contribution in [0.15, 0.2) is 42.1 Å². The lowest BCUT2D eigenvalue weighted by atomic mass is 10.2. The lowest BCUT2D eigenvalue weighted by Crippen LogP contribution is -2.25. The van der Waals surface area contributed by atoms with Crippen molar-refractivity contribution in [2.24, 2.45) is 0 Å². The molecule has 0 atom stereocenters. The zero-order chi connectivity index (χ0) is 16.7. The van der Waals surface area contributed by atoms with Gasteiger partial charge in [0.1, 0.15) is 5.75 Å². The number of amides is 1. The summed E-state index contributed by atoms with van der Waals surface area (Å²) < 4.78 is 7.16. The Morgan fingerprint density at radius 1 is 1.39 bits per heavy atom.